The first-order valence-electron chi connectivity index (χ1n) is 8.53. The Hall–Kier alpha value is -1.76. The number of carbonyl (C=O) groups is 2. The first-order chi connectivity index (χ1) is 11.9. The molecule has 0 saturated carbocycles. The minimum absolute atomic E-state index is 0.0323. The monoisotopic (exact) mass is 350 g/mol. The third kappa shape index (κ3) is 6.94. The molecule has 1 aromatic rings. The fraction of sp³-hybridized carbons (Fsp3) is 0.579. The average Bonchev–Trinajstić information content (AvgIpc) is 2.56. The van der Waals surface area contributed by atoms with Gasteiger partial charge in [-0.15, -0.1) is 0 Å². The van der Waals surface area contributed by atoms with Gasteiger partial charge in [-0.1, -0.05) is 30.3 Å². The van der Waals surface area contributed by atoms with Crippen LogP contribution in [0.5, 0.6) is 0 Å². The molecular weight excluding hydrogens is 324 g/mol. The number of ether oxygens (including phenoxy) is 3. The predicted molar refractivity (Wildman–Crippen MR) is 91.2 cm³/mol. The summed E-state index contributed by atoms with van der Waals surface area (Å²) in [5.74, 6) is -2.10. The van der Waals surface area contributed by atoms with Crippen molar-refractivity contribution in [2.45, 2.75) is 45.0 Å². The quantitative estimate of drug-likeness (QED) is 0.689. The van der Waals surface area contributed by atoms with Gasteiger partial charge in [-0.25, -0.2) is 0 Å². The average molecular weight is 350 g/mol. The number of aliphatic carboxylic acids is 1. The zero-order chi connectivity index (χ0) is 18.3. The number of carboxylic acids is 1. The van der Waals surface area contributed by atoms with Crippen LogP contribution in [-0.2, 0) is 30.2 Å². The summed E-state index contributed by atoms with van der Waals surface area (Å²) in [4.78, 5) is 23.0. The molecule has 1 aliphatic heterocycles. The molecule has 0 spiro atoms. The van der Waals surface area contributed by atoms with Gasteiger partial charge >= 0.3 is 5.97 Å². The highest BCUT2D eigenvalue weighted by molar-refractivity contribution is 5.97. The van der Waals surface area contributed by atoms with Crippen molar-refractivity contribution < 1.29 is 28.9 Å². The second-order valence-corrected chi connectivity index (χ2v) is 6.77. The van der Waals surface area contributed by atoms with Crippen LogP contribution >= 0.6 is 0 Å². The number of hydrogen-bond acceptors (Lipinski definition) is 5. The van der Waals surface area contributed by atoms with Gasteiger partial charge in [0, 0.05) is 5.92 Å². The molecule has 0 amide bonds. The number of ketones is 1. The third-order valence-electron chi connectivity index (χ3n) is 4.09. The summed E-state index contributed by atoms with van der Waals surface area (Å²) in [5, 5.41) is 8.88. The summed E-state index contributed by atoms with van der Waals surface area (Å²) in [7, 11) is 0. The molecule has 1 aromatic carbocycles. The van der Waals surface area contributed by atoms with Crippen LogP contribution in [0.15, 0.2) is 30.3 Å². The number of carboxylic acid groups (broad SMARTS) is 1. The van der Waals surface area contributed by atoms with Gasteiger partial charge in [-0.2, -0.15) is 0 Å². The highest BCUT2D eigenvalue weighted by Gasteiger charge is 2.30. The van der Waals surface area contributed by atoms with Crippen molar-refractivity contribution >= 4 is 11.8 Å². The Labute approximate surface area is 148 Å². The van der Waals surface area contributed by atoms with Gasteiger partial charge in [0.25, 0.3) is 0 Å². The molecule has 1 N–H and O–H groups in total. The number of benzene rings is 1. The van der Waals surface area contributed by atoms with Crippen molar-refractivity contribution in [3.8, 4) is 0 Å². The maximum atomic E-state index is 12.2. The van der Waals surface area contributed by atoms with Crippen LogP contribution < -0.4 is 0 Å². The van der Waals surface area contributed by atoms with E-state index >= 15 is 0 Å². The SMILES string of the molecule is CC1(C)OCC(COC(CCc2ccccc2)C(=O)CC(=O)O)CO1. The Bertz CT molecular complexity index is 559. The lowest BCUT2D eigenvalue weighted by Crippen LogP contribution is -2.41. The highest BCUT2D eigenvalue weighted by Crippen LogP contribution is 2.21. The number of hydrogen-bond donors (Lipinski definition) is 1. The Morgan fingerprint density at radius 3 is 2.48 bits per heavy atom. The Kier molecular flexibility index (Phi) is 7.11. The minimum Gasteiger partial charge on any atom is -0.481 e. The minimum atomic E-state index is -1.13. The Morgan fingerprint density at radius 2 is 1.88 bits per heavy atom. The van der Waals surface area contributed by atoms with Crippen LogP contribution in [0.2, 0.25) is 0 Å². The van der Waals surface area contributed by atoms with E-state index < -0.39 is 30.1 Å². The van der Waals surface area contributed by atoms with E-state index in [0.29, 0.717) is 32.7 Å². The zero-order valence-corrected chi connectivity index (χ0v) is 14.8. The molecule has 1 unspecified atom stereocenters. The topological polar surface area (TPSA) is 82.1 Å². The van der Waals surface area contributed by atoms with E-state index in [2.05, 4.69) is 0 Å². The van der Waals surface area contributed by atoms with Gasteiger partial charge < -0.3 is 19.3 Å². The second kappa shape index (κ2) is 9.08. The first-order valence-corrected chi connectivity index (χ1v) is 8.53. The summed E-state index contributed by atoms with van der Waals surface area (Å²) in [6.45, 7) is 4.99. The molecule has 1 saturated heterocycles. The standard InChI is InChI=1S/C19H26O6/c1-19(2)24-12-15(13-25-19)11-23-17(16(20)10-18(21)22)9-8-14-6-4-3-5-7-14/h3-7,15,17H,8-13H2,1-2H3,(H,21,22). The summed E-state index contributed by atoms with van der Waals surface area (Å²) < 4.78 is 16.9. The molecule has 0 bridgehead atoms. The third-order valence-corrected chi connectivity index (χ3v) is 4.09. The molecule has 2 rings (SSSR count). The van der Waals surface area contributed by atoms with E-state index in [-0.39, 0.29) is 5.92 Å². The molecule has 6 nitrogen and oxygen atoms in total. The van der Waals surface area contributed by atoms with Gasteiger partial charge in [-0.3, -0.25) is 9.59 Å². The van der Waals surface area contributed by atoms with Crippen LogP contribution in [0, 0.1) is 5.92 Å². The fourth-order valence-electron chi connectivity index (χ4n) is 2.62. The molecule has 138 valence electrons. The summed E-state index contributed by atoms with van der Waals surface area (Å²) in [6.07, 6.45) is -0.145. The molecule has 0 aliphatic carbocycles. The number of aryl methyl sites for hydroxylation is 1. The fourth-order valence-corrected chi connectivity index (χ4v) is 2.62. The van der Waals surface area contributed by atoms with Crippen LogP contribution in [0.25, 0.3) is 0 Å². The van der Waals surface area contributed by atoms with Gasteiger partial charge in [0.1, 0.15) is 12.5 Å². The van der Waals surface area contributed by atoms with Crippen LogP contribution in [0.3, 0.4) is 0 Å². The maximum absolute atomic E-state index is 12.2. The molecule has 1 aliphatic rings. The van der Waals surface area contributed by atoms with Crippen molar-refractivity contribution in [2.75, 3.05) is 19.8 Å². The molecule has 0 aromatic heterocycles. The van der Waals surface area contributed by atoms with E-state index in [1.807, 2.05) is 44.2 Å². The molecular formula is C19H26O6. The summed E-state index contributed by atoms with van der Waals surface area (Å²) >= 11 is 0. The van der Waals surface area contributed by atoms with Gasteiger partial charge in [0.2, 0.25) is 0 Å². The lowest BCUT2D eigenvalue weighted by atomic mass is 10.0. The largest absolute Gasteiger partial charge is 0.481 e. The van der Waals surface area contributed by atoms with Crippen LogP contribution in [-0.4, -0.2) is 48.6 Å². The van der Waals surface area contributed by atoms with Crippen molar-refractivity contribution in [3.63, 3.8) is 0 Å². The molecule has 25 heavy (non-hydrogen) atoms. The first kappa shape index (κ1) is 19.6. The molecule has 1 fully saturated rings. The van der Waals surface area contributed by atoms with E-state index in [1.54, 1.807) is 0 Å². The van der Waals surface area contributed by atoms with E-state index in [0.717, 1.165) is 5.56 Å². The molecule has 6 heteroatoms. The van der Waals surface area contributed by atoms with Gasteiger partial charge in [0.05, 0.1) is 19.8 Å². The lowest BCUT2D eigenvalue weighted by molar-refractivity contribution is -0.267. The number of Topliss-reactive ketones (excluding diaryl/α,β-unsaturated/α-hetero) is 1. The van der Waals surface area contributed by atoms with E-state index in [4.69, 9.17) is 19.3 Å². The highest BCUT2D eigenvalue weighted by atomic mass is 16.7. The van der Waals surface area contributed by atoms with Gasteiger partial charge in [0.15, 0.2) is 11.6 Å². The predicted octanol–water partition coefficient (Wildman–Crippen LogP) is 2.45. The smallest absolute Gasteiger partial charge is 0.310 e. The molecule has 0 radical (unpaired) electrons. The number of rotatable bonds is 9. The van der Waals surface area contributed by atoms with Crippen LogP contribution in [0.4, 0.5) is 0 Å². The maximum Gasteiger partial charge on any atom is 0.310 e. The van der Waals surface area contributed by atoms with Crippen LogP contribution in [0.1, 0.15) is 32.3 Å². The van der Waals surface area contributed by atoms with E-state index in [1.165, 1.54) is 0 Å². The second-order valence-electron chi connectivity index (χ2n) is 6.77. The van der Waals surface area contributed by atoms with Crippen molar-refractivity contribution in [3.05, 3.63) is 35.9 Å². The summed E-state index contributed by atoms with van der Waals surface area (Å²) in [5.41, 5.74) is 1.09. The number of carbonyl (C=O) groups excluding carboxylic acids is 1. The Morgan fingerprint density at radius 1 is 1.24 bits per heavy atom. The normalized spacial score (nSPS) is 18.6. The van der Waals surface area contributed by atoms with Crippen molar-refractivity contribution in [2.24, 2.45) is 5.92 Å². The van der Waals surface area contributed by atoms with Gasteiger partial charge in [-0.05, 0) is 32.3 Å². The van der Waals surface area contributed by atoms with E-state index in [9.17, 15) is 9.59 Å². The summed E-state index contributed by atoms with van der Waals surface area (Å²) in [6, 6.07) is 9.75. The lowest BCUT2D eigenvalue weighted by Gasteiger charge is -2.35. The molecule has 1 atom stereocenters. The molecule has 1 heterocycles. The van der Waals surface area contributed by atoms with Crippen molar-refractivity contribution in [1.82, 2.24) is 0 Å². The zero-order valence-electron chi connectivity index (χ0n) is 14.8. The Balaban J connectivity index is 1.87. The van der Waals surface area contributed by atoms with Crippen molar-refractivity contribution in [1.29, 1.82) is 0 Å².